The van der Waals surface area contributed by atoms with Gasteiger partial charge >= 0.3 is 0 Å². The van der Waals surface area contributed by atoms with E-state index in [1.54, 1.807) is 7.11 Å². The van der Waals surface area contributed by atoms with Gasteiger partial charge in [0.05, 0.1) is 13.7 Å². The average molecular weight is 328 g/mol. The van der Waals surface area contributed by atoms with Crippen LogP contribution >= 0.6 is 0 Å². The Morgan fingerprint density at radius 3 is 2.71 bits per heavy atom. The molecule has 122 valence electrons. The highest BCUT2D eigenvalue weighted by molar-refractivity contribution is 6.00. The summed E-state index contributed by atoms with van der Waals surface area (Å²) in [5.41, 5.74) is 2.23. The minimum atomic E-state index is -0.702. The highest BCUT2D eigenvalue weighted by Gasteiger charge is 2.27. The molecule has 0 amide bonds. The van der Waals surface area contributed by atoms with Crippen molar-refractivity contribution in [1.29, 1.82) is 0 Å². The maximum Gasteiger partial charge on any atom is 0.200 e. The molecule has 24 heavy (non-hydrogen) atoms. The molecule has 4 nitrogen and oxygen atoms in total. The number of halogens is 2. The first kappa shape index (κ1) is 14.7. The van der Waals surface area contributed by atoms with Crippen LogP contribution in [0.1, 0.15) is 11.1 Å². The Morgan fingerprint density at radius 1 is 1.17 bits per heavy atom. The zero-order valence-corrected chi connectivity index (χ0v) is 12.9. The van der Waals surface area contributed by atoms with Crippen molar-refractivity contribution in [1.82, 2.24) is 5.32 Å². The van der Waals surface area contributed by atoms with E-state index in [4.69, 9.17) is 9.47 Å². The van der Waals surface area contributed by atoms with Crippen LogP contribution in [0.5, 0.6) is 11.5 Å². The van der Waals surface area contributed by atoms with E-state index >= 15 is 0 Å². The van der Waals surface area contributed by atoms with Gasteiger partial charge in [0.25, 0.3) is 0 Å². The number of ether oxygens (including phenoxy) is 2. The van der Waals surface area contributed by atoms with Gasteiger partial charge in [0.1, 0.15) is 17.4 Å². The van der Waals surface area contributed by atoms with Gasteiger partial charge in [0, 0.05) is 29.2 Å². The normalized spacial score (nSPS) is 15.7. The zero-order chi connectivity index (χ0) is 16.7. The Morgan fingerprint density at radius 2 is 1.96 bits per heavy atom. The number of hydrogen-bond donors (Lipinski definition) is 1. The van der Waals surface area contributed by atoms with Crippen molar-refractivity contribution >= 4 is 5.84 Å². The molecule has 2 aromatic rings. The summed E-state index contributed by atoms with van der Waals surface area (Å²) in [7, 11) is 1.60. The number of amidine groups is 1. The molecule has 0 saturated heterocycles. The van der Waals surface area contributed by atoms with Gasteiger partial charge in [-0.05, 0) is 30.3 Å². The zero-order valence-electron chi connectivity index (χ0n) is 12.9. The Balaban J connectivity index is 1.59. The molecule has 0 fully saturated rings. The standard InChI is InChI=1S/C18H14F2N2O2/c1-23-14-4-2-10(3-5-14)17-21-9-12-6-11-7-13(19)8-15(20)16(11)24-18(12)22-17/h2-5,7-8H,6,9H2,1H3,(H,21,22). The molecule has 2 aromatic carbocycles. The molecule has 0 saturated carbocycles. The van der Waals surface area contributed by atoms with Crippen molar-refractivity contribution in [2.75, 3.05) is 13.7 Å². The largest absolute Gasteiger partial charge is 0.497 e. The summed E-state index contributed by atoms with van der Waals surface area (Å²) in [5.74, 6) is 0.619. The van der Waals surface area contributed by atoms with Crippen LogP contribution in [-0.2, 0) is 6.42 Å². The van der Waals surface area contributed by atoms with Crippen LogP contribution in [0.4, 0.5) is 8.78 Å². The number of benzene rings is 2. The van der Waals surface area contributed by atoms with Crippen LogP contribution in [-0.4, -0.2) is 19.5 Å². The number of nitrogens with one attached hydrogen (secondary N) is 1. The Kier molecular flexibility index (Phi) is 3.45. The molecule has 0 aliphatic carbocycles. The van der Waals surface area contributed by atoms with Crippen LogP contribution in [0.25, 0.3) is 0 Å². The van der Waals surface area contributed by atoms with Crippen molar-refractivity contribution in [3.05, 3.63) is 70.6 Å². The van der Waals surface area contributed by atoms with Gasteiger partial charge in [0.2, 0.25) is 5.88 Å². The molecule has 0 bridgehead atoms. The van der Waals surface area contributed by atoms with E-state index in [9.17, 15) is 8.78 Å². The Bertz CT molecular complexity index is 873. The van der Waals surface area contributed by atoms with Crippen molar-refractivity contribution in [2.45, 2.75) is 6.42 Å². The monoisotopic (exact) mass is 328 g/mol. The molecule has 0 radical (unpaired) electrons. The number of fused-ring (bicyclic) bond motifs is 1. The number of rotatable bonds is 2. The van der Waals surface area contributed by atoms with E-state index in [2.05, 4.69) is 10.3 Å². The molecule has 1 N–H and O–H groups in total. The summed E-state index contributed by atoms with van der Waals surface area (Å²) in [6, 6.07) is 9.55. The average Bonchev–Trinajstić information content (AvgIpc) is 2.60. The molecule has 0 unspecified atom stereocenters. The van der Waals surface area contributed by atoms with Crippen LogP contribution < -0.4 is 14.8 Å². The second-order valence-corrected chi connectivity index (χ2v) is 5.61. The van der Waals surface area contributed by atoms with Crippen LogP contribution in [0.3, 0.4) is 0 Å². The number of nitrogens with zero attached hydrogens (tertiary/aromatic N) is 1. The fraction of sp³-hybridized carbons (Fsp3) is 0.167. The van der Waals surface area contributed by atoms with Crippen molar-refractivity contribution in [2.24, 2.45) is 4.99 Å². The first-order valence-electron chi connectivity index (χ1n) is 7.48. The van der Waals surface area contributed by atoms with Crippen molar-refractivity contribution in [3.8, 4) is 11.5 Å². The molecule has 2 aliphatic rings. The summed E-state index contributed by atoms with van der Waals surface area (Å²) < 4.78 is 38.1. The summed E-state index contributed by atoms with van der Waals surface area (Å²) in [6.07, 6.45) is 0.408. The predicted octanol–water partition coefficient (Wildman–Crippen LogP) is 3.17. The first-order chi connectivity index (χ1) is 11.6. The number of hydrogen-bond acceptors (Lipinski definition) is 4. The summed E-state index contributed by atoms with van der Waals surface area (Å²) in [5, 5.41) is 3.10. The van der Waals surface area contributed by atoms with E-state index in [0.29, 0.717) is 30.2 Å². The van der Waals surface area contributed by atoms with Gasteiger partial charge < -0.3 is 14.8 Å². The van der Waals surface area contributed by atoms with Gasteiger partial charge in [-0.15, -0.1) is 0 Å². The van der Waals surface area contributed by atoms with E-state index in [1.807, 2.05) is 24.3 Å². The molecule has 0 atom stereocenters. The second-order valence-electron chi connectivity index (χ2n) is 5.61. The lowest BCUT2D eigenvalue weighted by atomic mass is 10.0. The van der Waals surface area contributed by atoms with Crippen molar-refractivity contribution < 1.29 is 18.3 Å². The lowest BCUT2D eigenvalue weighted by Gasteiger charge is -2.27. The lowest BCUT2D eigenvalue weighted by Crippen LogP contribution is -2.34. The van der Waals surface area contributed by atoms with Crippen LogP contribution in [0.15, 0.2) is 52.8 Å². The van der Waals surface area contributed by atoms with E-state index in [-0.39, 0.29) is 5.75 Å². The third-order valence-corrected chi connectivity index (χ3v) is 4.04. The summed E-state index contributed by atoms with van der Waals surface area (Å²) >= 11 is 0. The highest BCUT2D eigenvalue weighted by Crippen LogP contribution is 2.34. The Labute approximate surface area is 137 Å². The van der Waals surface area contributed by atoms with E-state index in [0.717, 1.165) is 23.0 Å². The molecule has 6 heteroatoms. The fourth-order valence-electron chi connectivity index (χ4n) is 2.82. The molecule has 2 aliphatic heterocycles. The maximum absolute atomic E-state index is 13.9. The SMILES string of the molecule is COc1ccc(C2=NCC3=C(N2)Oc2c(F)cc(F)cc2C3)cc1. The Hall–Kier alpha value is -2.89. The molecular formula is C18H14F2N2O2. The minimum Gasteiger partial charge on any atom is -0.497 e. The molecule has 0 spiro atoms. The summed E-state index contributed by atoms with van der Waals surface area (Å²) in [4.78, 5) is 4.50. The van der Waals surface area contributed by atoms with Gasteiger partial charge in [-0.2, -0.15) is 0 Å². The first-order valence-corrected chi connectivity index (χ1v) is 7.48. The van der Waals surface area contributed by atoms with Crippen LogP contribution in [0.2, 0.25) is 0 Å². The highest BCUT2D eigenvalue weighted by atomic mass is 19.1. The van der Waals surface area contributed by atoms with Crippen molar-refractivity contribution in [3.63, 3.8) is 0 Å². The quantitative estimate of drug-likeness (QED) is 0.921. The molecule has 0 aromatic heterocycles. The predicted molar refractivity (Wildman–Crippen MR) is 85.2 cm³/mol. The molecule has 4 rings (SSSR count). The molecule has 2 heterocycles. The van der Waals surface area contributed by atoms with Crippen LogP contribution in [0, 0.1) is 11.6 Å². The van der Waals surface area contributed by atoms with E-state index < -0.39 is 11.6 Å². The fourth-order valence-corrected chi connectivity index (χ4v) is 2.82. The topological polar surface area (TPSA) is 42.8 Å². The number of aliphatic imine (C=N–C) groups is 1. The third-order valence-electron chi connectivity index (χ3n) is 4.04. The lowest BCUT2D eigenvalue weighted by molar-refractivity contribution is 0.351. The minimum absolute atomic E-state index is 0.0682. The van der Waals surface area contributed by atoms with E-state index in [1.165, 1.54) is 6.07 Å². The maximum atomic E-state index is 13.9. The number of methoxy groups -OCH3 is 1. The van der Waals surface area contributed by atoms with Gasteiger partial charge in [-0.3, -0.25) is 4.99 Å². The van der Waals surface area contributed by atoms with Gasteiger partial charge in [-0.1, -0.05) is 0 Å². The summed E-state index contributed by atoms with van der Waals surface area (Å²) in [6.45, 7) is 0.418. The van der Waals surface area contributed by atoms with Gasteiger partial charge in [-0.25, -0.2) is 8.78 Å². The third kappa shape index (κ3) is 2.50. The molecular weight excluding hydrogens is 314 g/mol. The second kappa shape index (κ2) is 5.63. The smallest absolute Gasteiger partial charge is 0.200 e. The van der Waals surface area contributed by atoms with Gasteiger partial charge in [0.15, 0.2) is 11.6 Å².